The summed E-state index contributed by atoms with van der Waals surface area (Å²) in [5.41, 5.74) is 3.19. The average molecular weight is 172 g/mol. The third-order valence-corrected chi connectivity index (χ3v) is 1.65. The maximum absolute atomic E-state index is 10.2. The Bertz CT molecular complexity index is 364. The molecule has 0 fully saturated rings. The molecule has 0 N–H and O–H groups in total. The minimum absolute atomic E-state index is 0.915. The minimum Gasteiger partial charge on any atom is -0.233 e. The number of hydrogen-bond acceptors (Lipinski definition) is 1. The van der Waals surface area contributed by atoms with Crippen LogP contribution in [0.5, 0.6) is 0 Å². The zero-order valence-corrected chi connectivity index (χ0v) is 7.87. The lowest BCUT2D eigenvalue weighted by Crippen LogP contribution is -1.80. The summed E-state index contributed by atoms with van der Waals surface area (Å²) in [5.74, 6) is 1.79. The second-order valence-corrected chi connectivity index (χ2v) is 3.11. The first-order valence-electron chi connectivity index (χ1n) is 4.19. The van der Waals surface area contributed by atoms with Crippen LogP contribution in [0.15, 0.2) is 29.8 Å². The molecule has 0 saturated carbocycles. The predicted molar refractivity (Wildman–Crippen MR) is 55.9 cm³/mol. The van der Waals surface area contributed by atoms with E-state index in [1.807, 2.05) is 44.2 Å². The molecule has 13 heavy (non-hydrogen) atoms. The van der Waals surface area contributed by atoms with Crippen molar-refractivity contribution in [3.8, 4) is 0 Å². The van der Waals surface area contributed by atoms with Crippen molar-refractivity contribution >= 4 is 18.1 Å². The molecule has 0 spiro atoms. The van der Waals surface area contributed by atoms with Gasteiger partial charge in [-0.2, -0.15) is 0 Å². The molecule has 0 aliphatic rings. The SMILES string of the molecule is CC(C)=Cc1ccccc1C=C=O. The molecule has 1 heteroatoms. The Hall–Kier alpha value is -1.59. The molecule has 0 unspecified atom stereocenters. The molecule has 1 rings (SSSR count). The van der Waals surface area contributed by atoms with Crippen LogP contribution in [0.1, 0.15) is 25.0 Å². The molecule has 0 aliphatic carbocycles. The Kier molecular flexibility index (Phi) is 3.24. The lowest BCUT2D eigenvalue weighted by atomic mass is 10.1. The summed E-state index contributed by atoms with van der Waals surface area (Å²) in [6, 6.07) is 7.75. The van der Waals surface area contributed by atoms with E-state index in [2.05, 4.69) is 0 Å². The molecule has 0 radical (unpaired) electrons. The van der Waals surface area contributed by atoms with Gasteiger partial charge in [0.05, 0.1) is 0 Å². The summed E-state index contributed by atoms with van der Waals surface area (Å²) >= 11 is 0. The minimum atomic E-state index is 0.915. The van der Waals surface area contributed by atoms with E-state index >= 15 is 0 Å². The van der Waals surface area contributed by atoms with Crippen molar-refractivity contribution in [2.45, 2.75) is 13.8 Å². The summed E-state index contributed by atoms with van der Waals surface area (Å²) in [4.78, 5) is 10.2. The first-order chi connectivity index (χ1) is 6.24. The van der Waals surface area contributed by atoms with Gasteiger partial charge in [0, 0.05) is 6.08 Å². The normalized spacial score (nSPS) is 8.77. The molecule has 1 aromatic rings. The third kappa shape index (κ3) is 2.73. The van der Waals surface area contributed by atoms with Crippen LogP contribution in [-0.2, 0) is 4.79 Å². The highest BCUT2D eigenvalue weighted by Crippen LogP contribution is 2.13. The van der Waals surface area contributed by atoms with Gasteiger partial charge in [0.25, 0.3) is 0 Å². The van der Waals surface area contributed by atoms with Gasteiger partial charge >= 0.3 is 0 Å². The second-order valence-electron chi connectivity index (χ2n) is 3.11. The summed E-state index contributed by atoms with van der Waals surface area (Å²) in [6.07, 6.45) is 3.50. The summed E-state index contributed by atoms with van der Waals surface area (Å²) in [6.45, 7) is 4.06. The van der Waals surface area contributed by atoms with Crippen LogP contribution in [-0.4, -0.2) is 5.94 Å². The van der Waals surface area contributed by atoms with Crippen molar-refractivity contribution in [3.05, 3.63) is 41.0 Å². The zero-order valence-electron chi connectivity index (χ0n) is 7.87. The molecular formula is C12H12O. The maximum Gasteiger partial charge on any atom is 0.125 e. The molecule has 0 amide bonds. The average Bonchev–Trinajstić information content (AvgIpc) is 2.08. The molecule has 0 heterocycles. The van der Waals surface area contributed by atoms with Crippen molar-refractivity contribution in [1.82, 2.24) is 0 Å². The van der Waals surface area contributed by atoms with Crippen LogP contribution in [0, 0.1) is 0 Å². The Morgan fingerprint density at radius 1 is 1.23 bits per heavy atom. The lowest BCUT2D eigenvalue weighted by Gasteiger charge is -1.99. The quantitative estimate of drug-likeness (QED) is 0.627. The van der Waals surface area contributed by atoms with E-state index in [1.54, 1.807) is 5.94 Å². The van der Waals surface area contributed by atoms with E-state index in [9.17, 15) is 4.79 Å². The standard InChI is InChI=1S/C12H12O/c1-10(2)9-12-6-4-3-5-11(12)7-8-13/h3-7,9H,1-2H3. The molecule has 66 valence electrons. The fourth-order valence-corrected chi connectivity index (χ4v) is 1.15. The van der Waals surface area contributed by atoms with Gasteiger partial charge in [0.1, 0.15) is 5.94 Å². The second kappa shape index (κ2) is 4.44. The van der Waals surface area contributed by atoms with Gasteiger partial charge in [-0.1, -0.05) is 35.9 Å². The Morgan fingerprint density at radius 3 is 2.38 bits per heavy atom. The van der Waals surface area contributed by atoms with Crippen molar-refractivity contribution in [2.24, 2.45) is 0 Å². The highest BCUT2D eigenvalue weighted by molar-refractivity contribution is 5.79. The van der Waals surface area contributed by atoms with Gasteiger partial charge in [-0.05, 0) is 25.0 Å². The van der Waals surface area contributed by atoms with Gasteiger partial charge in [0.2, 0.25) is 0 Å². The zero-order chi connectivity index (χ0) is 9.68. The smallest absolute Gasteiger partial charge is 0.125 e. The van der Waals surface area contributed by atoms with Gasteiger partial charge in [0.15, 0.2) is 0 Å². The molecule has 0 aromatic heterocycles. The van der Waals surface area contributed by atoms with Gasteiger partial charge < -0.3 is 0 Å². The maximum atomic E-state index is 10.2. The van der Waals surface area contributed by atoms with Crippen LogP contribution in [0.2, 0.25) is 0 Å². The molecule has 1 nitrogen and oxygen atoms in total. The third-order valence-electron chi connectivity index (χ3n) is 1.65. The number of carbonyl (C=O) groups excluding carboxylic acids is 1. The topological polar surface area (TPSA) is 17.1 Å². The first-order valence-corrected chi connectivity index (χ1v) is 4.19. The Labute approximate surface area is 78.4 Å². The van der Waals surface area contributed by atoms with Crippen LogP contribution in [0.3, 0.4) is 0 Å². The van der Waals surface area contributed by atoms with Crippen molar-refractivity contribution < 1.29 is 4.79 Å². The molecule has 0 saturated heterocycles. The van der Waals surface area contributed by atoms with Crippen LogP contribution < -0.4 is 0 Å². The monoisotopic (exact) mass is 172 g/mol. The number of allylic oxidation sites excluding steroid dienone is 1. The molecule has 0 bridgehead atoms. The van der Waals surface area contributed by atoms with E-state index < -0.39 is 0 Å². The van der Waals surface area contributed by atoms with Crippen molar-refractivity contribution in [2.75, 3.05) is 0 Å². The van der Waals surface area contributed by atoms with E-state index in [4.69, 9.17) is 0 Å². The predicted octanol–water partition coefficient (Wildman–Crippen LogP) is 2.95. The number of hydrogen-bond donors (Lipinski definition) is 0. The van der Waals surface area contributed by atoms with E-state index in [-0.39, 0.29) is 0 Å². The largest absolute Gasteiger partial charge is 0.233 e. The fraction of sp³-hybridized carbons (Fsp3) is 0.167. The van der Waals surface area contributed by atoms with E-state index in [0.29, 0.717) is 0 Å². The van der Waals surface area contributed by atoms with E-state index in [1.165, 1.54) is 11.6 Å². The first kappa shape index (κ1) is 9.50. The molecule has 1 aromatic carbocycles. The van der Waals surface area contributed by atoms with E-state index in [0.717, 1.165) is 11.1 Å². The van der Waals surface area contributed by atoms with Crippen LogP contribution in [0.4, 0.5) is 0 Å². The summed E-state index contributed by atoms with van der Waals surface area (Å²) in [5, 5.41) is 0. The Morgan fingerprint density at radius 2 is 1.85 bits per heavy atom. The summed E-state index contributed by atoms with van der Waals surface area (Å²) < 4.78 is 0. The highest BCUT2D eigenvalue weighted by atomic mass is 16.1. The summed E-state index contributed by atoms with van der Waals surface area (Å²) in [7, 11) is 0. The van der Waals surface area contributed by atoms with Gasteiger partial charge in [-0.3, -0.25) is 0 Å². The highest BCUT2D eigenvalue weighted by Gasteiger charge is 1.94. The number of benzene rings is 1. The lowest BCUT2D eigenvalue weighted by molar-refractivity contribution is 0.570. The van der Waals surface area contributed by atoms with Gasteiger partial charge in [-0.15, -0.1) is 0 Å². The van der Waals surface area contributed by atoms with Gasteiger partial charge in [-0.25, -0.2) is 4.79 Å². The molecule has 0 aliphatic heterocycles. The fourth-order valence-electron chi connectivity index (χ4n) is 1.15. The van der Waals surface area contributed by atoms with Crippen molar-refractivity contribution in [3.63, 3.8) is 0 Å². The van der Waals surface area contributed by atoms with Crippen LogP contribution >= 0.6 is 0 Å². The number of rotatable bonds is 2. The molecule has 0 atom stereocenters. The Balaban J connectivity index is 3.19. The van der Waals surface area contributed by atoms with Crippen molar-refractivity contribution in [1.29, 1.82) is 0 Å². The molecular weight excluding hydrogens is 160 g/mol. The van der Waals surface area contributed by atoms with Crippen LogP contribution in [0.25, 0.3) is 12.2 Å².